The molecule has 2 aromatic carbocycles. The maximum atomic E-state index is 11.6. The number of nitrogens with one attached hydrogen (secondary N) is 1. The first-order chi connectivity index (χ1) is 10.1. The molecule has 0 atom stereocenters. The average Bonchev–Trinajstić information content (AvgIpc) is 2.49. The Hall–Kier alpha value is -2.35. The molecule has 2 aromatic rings. The number of allylic oxidation sites excluding steroid dienone is 1. The Bertz CT molecular complexity index is 698. The standard InChI is InChI=1S/C19H21NO/c1-5-16(17-9-7-6-8-13(17)2)15-10-11-18(14(3)21)19(12-15)20-4/h5-12,20H,1-4H3/b16-5-. The van der Waals surface area contributed by atoms with E-state index in [1.807, 2.05) is 38.2 Å². The Labute approximate surface area is 126 Å². The molecule has 0 bridgehead atoms. The molecule has 21 heavy (non-hydrogen) atoms. The third-order valence-electron chi connectivity index (χ3n) is 3.70. The number of hydrogen-bond acceptors (Lipinski definition) is 2. The molecule has 108 valence electrons. The minimum Gasteiger partial charge on any atom is -0.388 e. The number of aryl methyl sites for hydroxylation is 1. The van der Waals surface area contributed by atoms with Crippen molar-refractivity contribution in [3.05, 3.63) is 70.8 Å². The highest BCUT2D eigenvalue weighted by molar-refractivity contribution is 6.00. The van der Waals surface area contributed by atoms with E-state index < -0.39 is 0 Å². The maximum Gasteiger partial charge on any atom is 0.161 e. The molecule has 0 aliphatic carbocycles. The molecule has 0 fully saturated rings. The summed E-state index contributed by atoms with van der Waals surface area (Å²) in [6, 6.07) is 14.3. The highest BCUT2D eigenvalue weighted by Gasteiger charge is 2.11. The fourth-order valence-electron chi connectivity index (χ4n) is 2.58. The number of rotatable bonds is 4. The van der Waals surface area contributed by atoms with Crippen molar-refractivity contribution < 1.29 is 4.79 Å². The predicted molar refractivity (Wildman–Crippen MR) is 89.9 cm³/mol. The van der Waals surface area contributed by atoms with Gasteiger partial charge in [-0.2, -0.15) is 0 Å². The van der Waals surface area contributed by atoms with Crippen LogP contribution >= 0.6 is 0 Å². The second kappa shape index (κ2) is 6.40. The zero-order valence-corrected chi connectivity index (χ0v) is 13.0. The second-order valence-corrected chi connectivity index (χ2v) is 5.08. The SMILES string of the molecule is C/C=C(/c1ccc(C(C)=O)c(NC)c1)c1ccccc1C. The van der Waals surface area contributed by atoms with Gasteiger partial charge in [-0.1, -0.05) is 36.4 Å². The van der Waals surface area contributed by atoms with E-state index in [1.54, 1.807) is 6.92 Å². The summed E-state index contributed by atoms with van der Waals surface area (Å²) in [6.45, 7) is 5.75. The third-order valence-corrected chi connectivity index (χ3v) is 3.70. The van der Waals surface area contributed by atoms with Crippen LogP contribution in [0.3, 0.4) is 0 Å². The van der Waals surface area contributed by atoms with Gasteiger partial charge in [0.05, 0.1) is 0 Å². The van der Waals surface area contributed by atoms with Crippen LogP contribution in [0.2, 0.25) is 0 Å². The monoisotopic (exact) mass is 279 g/mol. The first-order valence-corrected chi connectivity index (χ1v) is 7.14. The summed E-state index contributed by atoms with van der Waals surface area (Å²) in [4.78, 5) is 11.6. The van der Waals surface area contributed by atoms with Gasteiger partial charge in [0, 0.05) is 18.3 Å². The first-order valence-electron chi connectivity index (χ1n) is 7.14. The van der Waals surface area contributed by atoms with Crippen molar-refractivity contribution in [3.63, 3.8) is 0 Å². The van der Waals surface area contributed by atoms with Crippen LogP contribution in [-0.4, -0.2) is 12.8 Å². The molecule has 2 heteroatoms. The first kappa shape index (κ1) is 15.0. The summed E-state index contributed by atoms with van der Waals surface area (Å²) in [5.74, 6) is 0.0730. The molecule has 0 radical (unpaired) electrons. The molecule has 1 N–H and O–H groups in total. The third kappa shape index (κ3) is 3.05. The van der Waals surface area contributed by atoms with Crippen molar-refractivity contribution in [2.45, 2.75) is 20.8 Å². The number of anilines is 1. The predicted octanol–water partition coefficient (Wildman–Crippen LogP) is 4.69. The Morgan fingerprint density at radius 3 is 2.38 bits per heavy atom. The van der Waals surface area contributed by atoms with Gasteiger partial charge in [-0.3, -0.25) is 4.79 Å². The molecule has 2 nitrogen and oxygen atoms in total. The molecule has 0 unspecified atom stereocenters. The van der Waals surface area contributed by atoms with E-state index >= 15 is 0 Å². The van der Waals surface area contributed by atoms with Crippen LogP contribution in [0.4, 0.5) is 5.69 Å². The summed E-state index contributed by atoms with van der Waals surface area (Å²) < 4.78 is 0. The van der Waals surface area contributed by atoms with Gasteiger partial charge in [0.2, 0.25) is 0 Å². The number of benzene rings is 2. The fraction of sp³-hybridized carbons (Fsp3) is 0.211. The van der Waals surface area contributed by atoms with Gasteiger partial charge in [0.15, 0.2) is 5.78 Å². The molecule has 0 amide bonds. The summed E-state index contributed by atoms with van der Waals surface area (Å²) in [7, 11) is 1.84. The summed E-state index contributed by atoms with van der Waals surface area (Å²) >= 11 is 0. The maximum absolute atomic E-state index is 11.6. The van der Waals surface area contributed by atoms with E-state index in [2.05, 4.69) is 36.5 Å². The van der Waals surface area contributed by atoms with Gasteiger partial charge in [-0.05, 0) is 55.2 Å². The topological polar surface area (TPSA) is 29.1 Å². The van der Waals surface area contributed by atoms with E-state index in [1.165, 1.54) is 16.7 Å². The molecular formula is C19H21NO. The molecule has 0 aliphatic heterocycles. The summed E-state index contributed by atoms with van der Waals surface area (Å²) in [6.07, 6.45) is 2.12. The molecular weight excluding hydrogens is 258 g/mol. The number of Topliss-reactive ketones (excluding diaryl/α,β-unsaturated/α-hetero) is 1. The van der Waals surface area contributed by atoms with E-state index in [4.69, 9.17) is 0 Å². The van der Waals surface area contributed by atoms with Gasteiger partial charge in [-0.15, -0.1) is 0 Å². The van der Waals surface area contributed by atoms with Crippen molar-refractivity contribution in [1.82, 2.24) is 0 Å². The van der Waals surface area contributed by atoms with Crippen LogP contribution in [0, 0.1) is 6.92 Å². The van der Waals surface area contributed by atoms with Crippen molar-refractivity contribution in [3.8, 4) is 0 Å². The lowest BCUT2D eigenvalue weighted by Gasteiger charge is -2.14. The van der Waals surface area contributed by atoms with Gasteiger partial charge in [0.25, 0.3) is 0 Å². The minimum absolute atomic E-state index is 0.0730. The lowest BCUT2D eigenvalue weighted by atomic mass is 9.92. The quantitative estimate of drug-likeness (QED) is 0.822. The van der Waals surface area contributed by atoms with Crippen LogP contribution < -0.4 is 5.32 Å². The Morgan fingerprint density at radius 1 is 1.10 bits per heavy atom. The van der Waals surface area contributed by atoms with Crippen LogP contribution in [0.25, 0.3) is 5.57 Å². The van der Waals surface area contributed by atoms with Crippen molar-refractivity contribution in [1.29, 1.82) is 0 Å². The highest BCUT2D eigenvalue weighted by Crippen LogP contribution is 2.29. The number of carbonyl (C=O) groups is 1. The van der Waals surface area contributed by atoms with Crippen molar-refractivity contribution in [2.75, 3.05) is 12.4 Å². The van der Waals surface area contributed by atoms with Gasteiger partial charge < -0.3 is 5.32 Å². The molecule has 0 aromatic heterocycles. The highest BCUT2D eigenvalue weighted by atomic mass is 16.1. The van der Waals surface area contributed by atoms with Crippen LogP contribution in [0.15, 0.2) is 48.5 Å². The lowest BCUT2D eigenvalue weighted by Crippen LogP contribution is -2.01. The number of carbonyl (C=O) groups excluding carboxylic acids is 1. The molecule has 0 spiro atoms. The van der Waals surface area contributed by atoms with E-state index in [9.17, 15) is 4.79 Å². The van der Waals surface area contributed by atoms with Gasteiger partial charge in [-0.25, -0.2) is 0 Å². The van der Waals surface area contributed by atoms with Crippen LogP contribution in [-0.2, 0) is 0 Å². The zero-order valence-electron chi connectivity index (χ0n) is 13.0. The normalized spacial score (nSPS) is 11.3. The fourth-order valence-corrected chi connectivity index (χ4v) is 2.58. The molecule has 2 rings (SSSR count). The van der Waals surface area contributed by atoms with Crippen LogP contribution in [0.1, 0.15) is 40.9 Å². The van der Waals surface area contributed by atoms with E-state index in [0.29, 0.717) is 0 Å². The Kier molecular flexibility index (Phi) is 4.59. The zero-order chi connectivity index (χ0) is 15.4. The largest absolute Gasteiger partial charge is 0.388 e. The molecule has 0 aliphatic rings. The Morgan fingerprint density at radius 2 is 1.81 bits per heavy atom. The Balaban J connectivity index is 2.55. The molecule has 0 heterocycles. The number of hydrogen-bond donors (Lipinski definition) is 1. The van der Waals surface area contributed by atoms with E-state index in [0.717, 1.165) is 16.8 Å². The lowest BCUT2D eigenvalue weighted by molar-refractivity contribution is 0.101. The van der Waals surface area contributed by atoms with Crippen molar-refractivity contribution in [2.24, 2.45) is 0 Å². The average molecular weight is 279 g/mol. The van der Waals surface area contributed by atoms with Crippen molar-refractivity contribution >= 4 is 17.0 Å². The smallest absolute Gasteiger partial charge is 0.161 e. The number of ketones is 1. The second-order valence-electron chi connectivity index (χ2n) is 5.08. The summed E-state index contributed by atoms with van der Waals surface area (Å²) in [5, 5.41) is 3.11. The molecule has 0 saturated heterocycles. The van der Waals surface area contributed by atoms with Gasteiger partial charge >= 0.3 is 0 Å². The van der Waals surface area contributed by atoms with Gasteiger partial charge in [0.1, 0.15) is 0 Å². The summed E-state index contributed by atoms with van der Waals surface area (Å²) in [5.41, 5.74) is 6.35. The van der Waals surface area contributed by atoms with Crippen LogP contribution in [0.5, 0.6) is 0 Å². The van der Waals surface area contributed by atoms with E-state index in [-0.39, 0.29) is 5.78 Å². The molecule has 0 saturated carbocycles. The minimum atomic E-state index is 0.0730.